The van der Waals surface area contributed by atoms with Gasteiger partial charge in [-0.05, 0) is 31.4 Å². The molecule has 0 unspecified atom stereocenters. The van der Waals surface area contributed by atoms with Gasteiger partial charge in [-0.25, -0.2) is 9.97 Å². The number of alkyl halides is 9. The summed E-state index contributed by atoms with van der Waals surface area (Å²) in [7, 11) is 0. The zero-order valence-electron chi connectivity index (χ0n) is 14.8. The molecule has 0 aliphatic heterocycles. The number of fused-ring (bicyclic) bond motifs is 1. The molecular weight excluding hydrogens is 451 g/mol. The average Bonchev–Trinajstić information content (AvgIpc) is 2.85. The van der Waals surface area contributed by atoms with Gasteiger partial charge in [0.05, 0.1) is 4.99 Å². The second-order valence-corrected chi connectivity index (χ2v) is 7.31. The van der Waals surface area contributed by atoms with Crippen molar-refractivity contribution in [2.45, 2.75) is 50.3 Å². The van der Waals surface area contributed by atoms with Crippen molar-refractivity contribution in [2.75, 3.05) is 5.32 Å². The van der Waals surface area contributed by atoms with Gasteiger partial charge in [0, 0.05) is 12.5 Å². The summed E-state index contributed by atoms with van der Waals surface area (Å²) in [5.41, 5.74) is -1.37. The molecule has 2 aromatic rings. The second kappa shape index (κ2) is 7.54. The maximum Gasteiger partial charge on any atom is 0.433 e. The predicted octanol–water partition coefficient (Wildman–Crippen LogP) is 6.05. The molecule has 1 aliphatic carbocycles. The predicted molar refractivity (Wildman–Crippen MR) is 91.9 cm³/mol. The van der Waals surface area contributed by atoms with Gasteiger partial charge in [-0.1, -0.05) is 12.2 Å². The van der Waals surface area contributed by atoms with E-state index in [0.29, 0.717) is 18.9 Å². The highest BCUT2D eigenvalue weighted by atomic mass is 32.1. The number of halogens is 9. The van der Waals surface area contributed by atoms with Gasteiger partial charge in [0.2, 0.25) is 5.95 Å². The first-order chi connectivity index (χ1) is 13.7. The van der Waals surface area contributed by atoms with E-state index in [4.69, 9.17) is 0 Å². The van der Waals surface area contributed by atoms with Gasteiger partial charge in [-0.2, -0.15) is 39.5 Å². The maximum atomic E-state index is 13.0. The number of pyridine rings is 1. The van der Waals surface area contributed by atoms with Crippen LogP contribution in [0.5, 0.6) is 0 Å². The van der Waals surface area contributed by atoms with E-state index in [9.17, 15) is 39.5 Å². The van der Waals surface area contributed by atoms with Crippen LogP contribution in [0, 0.1) is 5.92 Å². The molecule has 30 heavy (non-hydrogen) atoms. The first-order valence-corrected chi connectivity index (χ1v) is 8.98. The summed E-state index contributed by atoms with van der Waals surface area (Å²) in [5.74, 6) is -3.92. The lowest BCUT2D eigenvalue weighted by molar-refractivity contribution is -0.281. The highest BCUT2D eigenvalue weighted by Crippen LogP contribution is 2.42. The Bertz CT molecular complexity index is 927. The fraction of sp³-hybridized carbons (Fsp3) is 0.562. The topological polar surface area (TPSA) is 42.7 Å². The normalized spacial score (nSPS) is 16.2. The van der Waals surface area contributed by atoms with E-state index in [0.717, 1.165) is 12.5 Å². The van der Waals surface area contributed by atoms with Gasteiger partial charge in [0.15, 0.2) is 11.6 Å². The van der Waals surface area contributed by atoms with Gasteiger partial charge in [-0.15, -0.1) is 0 Å². The molecule has 3 rings (SSSR count). The van der Waals surface area contributed by atoms with Crippen LogP contribution in [0.3, 0.4) is 0 Å². The standard InChI is InChI=1S/C16H13F9N4S/c17-14(18,19)9(15(20,21)22)6-11(30)28-13-26-8-4-5-10(16(23,24)25)27-12(8)29(13)7-2-1-3-7/h4-5,7,9H,1-3,6H2,(H,26,28,30). The van der Waals surface area contributed by atoms with E-state index in [1.54, 1.807) is 0 Å². The Morgan fingerprint density at radius 1 is 1.03 bits per heavy atom. The highest BCUT2D eigenvalue weighted by Gasteiger charge is 2.56. The molecule has 1 fully saturated rings. The molecule has 1 aliphatic rings. The number of anilines is 1. The smallest absolute Gasteiger partial charge is 0.320 e. The molecule has 166 valence electrons. The number of aromatic nitrogens is 3. The van der Waals surface area contributed by atoms with Crippen molar-refractivity contribution in [1.29, 1.82) is 0 Å². The summed E-state index contributed by atoms with van der Waals surface area (Å²) in [4.78, 5) is 6.74. The summed E-state index contributed by atoms with van der Waals surface area (Å²) in [5, 5.41) is 2.24. The summed E-state index contributed by atoms with van der Waals surface area (Å²) in [6.07, 6.45) is -15.6. The molecular formula is C16H13F9N4S. The number of nitrogens with zero attached hydrogens (tertiary/aromatic N) is 3. The first-order valence-electron chi connectivity index (χ1n) is 8.57. The number of imidazole rings is 1. The van der Waals surface area contributed by atoms with Crippen LogP contribution in [-0.2, 0) is 6.18 Å². The fourth-order valence-electron chi connectivity index (χ4n) is 2.99. The van der Waals surface area contributed by atoms with E-state index in [-0.39, 0.29) is 23.2 Å². The summed E-state index contributed by atoms with van der Waals surface area (Å²) in [6, 6.07) is 1.37. The Morgan fingerprint density at radius 2 is 1.63 bits per heavy atom. The minimum absolute atomic E-state index is 0.00314. The number of hydrogen-bond donors (Lipinski definition) is 1. The second-order valence-electron chi connectivity index (χ2n) is 6.82. The molecule has 0 amide bonds. The van der Waals surface area contributed by atoms with Crippen molar-refractivity contribution in [3.05, 3.63) is 17.8 Å². The number of nitrogens with one attached hydrogen (secondary N) is 1. The third kappa shape index (κ3) is 4.62. The molecule has 0 radical (unpaired) electrons. The molecule has 1 N–H and O–H groups in total. The van der Waals surface area contributed by atoms with Crippen molar-refractivity contribution in [2.24, 2.45) is 5.92 Å². The minimum Gasteiger partial charge on any atom is -0.320 e. The van der Waals surface area contributed by atoms with E-state index < -0.39 is 41.6 Å². The Morgan fingerprint density at radius 3 is 2.10 bits per heavy atom. The van der Waals surface area contributed by atoms with Crippen molar-refractivity contribution < 1.29 is 39.5 Å². The van der Waals surface area contributed by atoms with Crippen LogP contribution >= 0.6 is 12.2 Å². The van der Waals surface area contributed by atoms with Gasteiger partial charge in [0.1, 0.15) is 11.2 Å². The van der Waals surface area contributed by atoms with E-state index >= 15 is 0 Å². The van der Waals surface area contributed by atoms with Crippen molar-refractivity contribution >= 4 is 34.3 Å². The zero-order chi connectivity index (χ0) is 22.5. The molecule has 0 bridgehead atoms. The lowest BCUT2D eigenvalue weighted by atomic mass is 9.93. The Kier molecular flexibility index (Phi) is 5.67. The van der Waals surface area contributed by atoms with Gasteiger partial charge in [-0.3, -0.25) is 4.57 Å². The molecule has 2 heterocycles. The van der Waals surface area contributed by atoms with Gasteiger partial charge in [0.25, 0.3) is 0 Å². The molecule has 0 spiro atoms. The van der Waals surface area contributed by atoms with Crippen LogP contribution in [0.25, 0.3) is 11.2 Å². The minimum atomic E-state index is -5.57. The van der Waals surface area contributed by atoms with E-state index in [1.165, 1.54) is 4.57 Å². The summed E-state index contributed by atoms with van der Waals surface area (Å²) in [6.45, 7) is 0. The number of rotatable bonds is 4. The Labute approximate surface area is 168 Å². The fourth-order valence-corrected chi connectivity index (χ4v) is 3.25. The van der Waals surface area contributed by atoms with Gasteiger partial charge >= 0.3 is 18.5 Å². The molecule has 4 nitrogen and oxygen atoms in total. The van der Waals surface area contributed by atoms with Crippen LogP contribution in [0.2, 0.25) is 0 Å². The quantitative estimate of drug-likeness (QED) is 0.442. The van der Waals surface area contributed by atoms with Crippen LogP contribution in [0.1, 0.15) is 37.4 Å². The highest BCUT2D eigenvalue weighted by molar-refractivity contribution is 7.80. The number of hydrogen-bond acceptors (Lipinski definition) is 3. The average molecular weight is 464 g/mol. The van der Waals surface area contributed by atoms with E-state index in [2.05, 4.69) is 27.5 Å². The maximum absolute atomic E-state index is 13.0. The lowest BCUT2D eigenvalue weighted by Gasteiger charge is -2.29. The largest absolute Gasteiger partial charge is 0.433 e. The third-order valence-corrected chi connectivity index (χ3v) is 4.97. The van der Waals surface area contributed by atoms with Crippen LogP contribution in [0.4, 0.5) is 45.5 Å². The SMILES string of the molecule is FC(F)(F)c1ccc2nc(NC(=S)CC(C(F)(F)F)C(F)(F)F)n(C3CCC3)c2n1. The molecule has 2 aromatic heterocycles. The first kappa shape index (κ1) is 22.6. The number of thiocarbonyl (C=S) groups is 1. The van der Waals surface area contributed by atoms with Crippen LogP contribution < -0.4 is 5.32 Å². The zero-order valence-corrected chi connectivity index (χ0v) is 15.6. The lowest BCUT2D eigenvalue weighted by Crippen LogP contribution is -2.39. The molecule has 14 heteroatoms. The molecule has 0 saturated heterocycles. The molecule has 0 atom stereocenters. The molecule has 0 aromatic carbocycles. The third-order valence-electron chi connectivity index (χ3n) is 4.70. The Hall–Kier alpha value is -2.12. The summed E-state index contributed by atoms with van der Waals surface area (Å²) < 4.78 is 117. The molecule has 1 saturated carbocycles. The Balaban J connectivity index is 1.94. The van der Waals surface area contributed by atoms with Crippen LogP contribution in [-0.4, -0.2) is 31.9 Å². The van der Waals surface area contributed by atoms with Crippen LogP contribution in [0.15, 0.2) is 12.1 Å². The monoisotopic (exact) mass is 464 g/mol. The van der Waals surface area contributed by atoms with Crippen molar-refractivity contribution in [3.8, 4) is 0 Å². The van der Waals surface area contributed by atoms with E-state index in [1.807, 2.05) is 0 Å². The van der Waals surface area contributed by atoms with Crippen molar-refractivity contribution in [3.63, 3.8) is 0 Å². The summed E-state index contributed by atoms with van der Waals surface area (Å²) >= 11 is 4.68. The van der Waals surface area contributed by atoms with Crippen molar-refractivity contribution in [1.82, 2.24) is 14.5 Å². The van der Waals surface area contributed by atoms with Gasteiger partial charge < -0.3 is 5.32 Å².